The number of hydrogen-bond acceptors (Lipinski definition) is 3. The first kappa shape index (κ1) is 10.4. The quantitative estimate of drug-likeness (QED) is 0.600. The summed E-state index contributed by atoms with van der Waals surface area (Å²) >= 11 is 0. The third kappa shape index (κ3) is 1.97. The van der Waals surface area contributed by atoms with Crippen molar-refractivity contribution in [2.45, 2.75) is 32.2 Å². The van der Waals surface area contributed by atoms with E-state index in [4.69, 9.17) is 0 Å². The van der Waals surface area contributed by atoms with Gasteiger partial charge in [0, 0.05) is 33.0 Å². The Morgan fingerprint density at radius 2 is 2.33 bits per heavy atom. The van der Waals surface area contributed by atoms with Gasteiger partial charge in [-0.2, -0.15) is 0 Å². The van der Waals surface area contributed by atoms with Crippen molar-refractivity contribution in [1.29, 1.82) is 0 Å². The molecule has 2 fully saturated rings. The molecule has 0 bridgehead atoms. The lowest BCUT2D eigenvalue weighted by Crippen LogP contribution is -2.58. The zero-order chi connectivity index (χ0) is 10.8. The van der Waals surface area contributed by atoms with Crippen molar-refractivity contribution in [1.82, 2.24) is 15.3 Å². The minimum atomic E-state index is -0.0325. The van der Waals surface area contributed by atoms with Crippen LogP contribution < -0.4 is 5.32 Å². The third-order valence-corrected chi connectivity index (χ3v) is 3.03. The summed E-state index contributed by atoms with van der Waals surface area (Å²) < 4.78 is 0. The highest BCUT2D eigenvalue weighted by molar-refractivity contribution is 5.81. The van der Waals surface area contributed by atoms with Gasteiger partial charge in [0.25, 0.3) is 0 Å². The van der Waals surface area contributed by atoms with Gasteiger partial charge in [-0.15, -0.1) is 0 Å². The summed E-state index contributed by atoms with van der Waals surface area (Å²) in [4.78, 5) is 23.3. The standard InChI is InChI=1S/C10H17N3O2/c1-8(14)12-6-2-3-9-7-11-5-4-10(15)13(9)12/h9,11H,2-7H2,1H3. The van der Waals surface area contributed by atoms with E-state index < -0.39 is 0 Å². The molecule has 2 rings (SSSR count). The maximum Gasteiger partial charge on any atom is 0.242 e. The smallest absolute Gasteiger partial charge is 0.242 e. The maximum absolute atomic E-state index is 11.9. The lowest BCUT2D eigenvalue weighted by Gasteiger charge is -2.42. The molecule has 0 radical (unpaired) electrons. The number of hydrazine groups is 1. The van der Waals surface area contributed by atoms with Crippen LogP contribution >= 0.6 is 0 Å². The Labute approximate surface area is 89.4 Å². The Morgan fingerprint density at radius 3 is 3.07 bits per heavy atom. The van der Waals surface area contributed by atoms with Crippen molar-refractivity contribution in [3.63, 3.8) is 0 Å². The summed E-state index contributed by atoms with van der Waals surface area (Å²) in [6.07, 6.45) is 2.46. The molecule has 1 atom stereocenters. The van der Waals surface area contributed by atoms with Crippen LogP contribution in [0.4, 0.5) is 0 Å². The highest BCUT2D eigenvalue weighted by Gasteiger charge is 2.35. The van der Waals surface area contributed by atoms with Gasteiger partial charge in [0.2, 0.25) is 11.8 Å². The molecule has 5 nitrogen and oxygen atoms in total. The van der Waals surface area contributed by atoms with E-state index in [0.717, 1.165) is 25.9 Å². The highest BCUT2D eigenvalue weighted by Crippen LogP contribution is 2.20. The van der Waals surface area contributed by atoms with Crippen molar-refractivity contribution in [3.8, 4) is 0 Å². The molecule has 1 N–H and O–H groups in total. The van der Waals surface area contributed by atoms with E-state index in [0.29, 0.717) is 13.0 Å². The van der Waals surface area contributed by atoms with Crippen LogP contribution in [0.25, 0.3) is 0 Å². The van der Waals surface area contributed by atoms with Crippen LogP contribution in [-0.2, 0) is 9.59 Å². The molecule has 2 amide bonds. The van der Waals surface area contributed by atoms with Gasteiger partial charge in [0.15, 0.2) is 0 Å². The van der Waals surface area contributed by atoms with E-state index in [1.54, 1.807) is 10.0 Å². The van der Waals surface area contributed by atoms with E-state index >= 15 is 0 Å². The van der Waals surface area contributed by atoms with E-state index in [-0.39, 0.29) is 17.9 Å². The monoisotopic (exact) mass is 211 g/mol. The van der Waals surface area contributed by atoms with Gasteiger partial charge in [0.05, 0.1) is 6.04 Å². The van der Waals surface area contributed by atoms with Crippen molar-refractivity contribution in [2.24, 2.45) is 0 Å². The van der Waals surface area contributed by atoms with Gasteiger partial charge in [0.1, 0.15) is 0 Å². The fraction of sp³-hybridized carbons (Fsp3) is 0.800. The molecule has 2 saturated heterocycles. The molecule has 0 saturated carbocycles. The number of nitrogens with one attached hydrogen (secondary N) is 1. The van der Waals surface area contributed by atoms with Crippen LogP contribution in [0.3, 0.4) is 0 Å². The van der Waals surface area contributed by atoms with Gasteiger partial charge < -0.3 is 5.32 Å². The van der Waals surface area contributed by atoms with Crippen LogP contribution in [0, 0.1) is 0 Å². The molecule has 5 heteroatoms. The van der Waals surface area contributed by atoms with E-state index in [2.05, 4.69) is 5.32 Å². The van der Waals surface area contributed by atoms with Gasteiger partial charge in [-0.3, -0.25) is 14.6 Å². The van der Waals surface area contributed by atoms with Gasteiger partial charge in [-0.1, -0.05) is 0 Å². The first-order chi connectivity index (χ1) is 7.20. The number of carbonyl (C=O) groups excluding carboxylic acids is 2. The first-order valence-electron chi connectivity index (χ1n) is 5.51. The van der Waals surface area contributed by atoms with E-state index in [1.807, 2.05) is 0 Å². The van der Waals surface area contributed by atoms with Gasteiger partial charge in [-0.05, 0) is 12.8 Å². The number of nitrogens with zero attached hydrogens (tertiary/aromatic N) is 2. The second kappa shape index (κ2) is 4.18. The van der Waals surface area contributed by atoms with E-state index in [1.165, 1.54) is 6.92 Å². The van der Waals surface area contributed by atoms with Crippen LogP contribution in [0.15, 0.2) is 0 Å². The molecular weight excluding hydrogens is 194 g/mol. The molecule has 2 aliphatic heterocycles. The summed E-state index contributed by atoms with van der Waals surface area (Å²) in [5.74, 6) is 0.0369. The lowest BCUT2D eigenvalue weighted by molar-refractivity contribution is -0.171. The maximum atomic E-state index is 11.9. The second-order valence-corrected chi connectivity index (χ2v) is 4.13. The summed E-state index contributed by atoms with van der Waals surface area (Å²) in [6.45, 7) is 3.72. The van der Waals surface area contributed by atoms with Crippen LogP contribution in [0.2, 0.25) is 0 Å². The predicted molar refractivity (Wildman–Crippen MR) is 54.7 cm³/mol. The molecule has 0 aliphatic carbocycles. The average Bonchev–Trinajstić information content (AvgIpc) is 2.40. The van der Waals surface area contributed by atoms with Crippen molar-refractivity contribution in [2.75, 3.05) is 19.6 Å². The third-order valence-electron chi connectivity index (χ3n) is 3.03. The zero-order valence-electron chi connectivity index (χ0n) is 9.03. The summed E-state index contributed by atoms with van der Waals surface area (Å²) in [5.41, 5.74) is 0. The molecule has 0 aromatic heterocycles. The number of hydrogen-bond donors (Lipinski definition) is 1. The number of fused-ring (bicyclic) bond motifs is 1. The Morgan fingerprint density at radius 1 is 1.53 bits per heavy atom. The molecule has 0 spiro atoms. The predicted octanol–water partition coefficient (Wildman–Crippen LogP) is -0.266. The van der Waals surface area contributed by atoms with Crippen LogP contribution in [0.1, 0.15) is 26.2 Å². The average molecular weight is 211 g/mol. The molecule has 0 aromatic rings. The Balaban J connectivity index is 2.20. The largest absolute Gasteiger partial charge is 0.314 e. The Kier molecular flexibility index (Phi) is 2.90. The summed E-state index contributed by atoms with van der Waals surface area (Å²) in [6, 6.07) is 0.164. The van der Waals surface area contributed by atoms with Crippen molar-refractivity contribution < 1.29 is 9.59 Å². The topological polar surface area (TPSA) is 52.7 Å². The fourth-order valence-electron chi connectivity index (χ4n) is 2.32. The molecule has 2 heterocycles. The lowest BCUT2D eigenvalue weighted by atomic mass is 10.1. The van der Waals surface area contributed by atoms with Crippen LogP contribution in [-0.4, -0.2) is 47.5 Å². The zero-order valence-corrected chi connectivity index (χ0v) is 9.03. The van der Waals surface area contributed by atoms with Crippen LogP contribution in [0.5, 0.6) is 0 Å². The molecule has 0 aromatic carbocycles. The SMILES string of the molecule is CC(=O)N1CCCC2CNCCC(=O)N21. The summed E-state index contributed by atoms with van der Waals surface area (Å²) in [5, 5.41) is 6.51. The first-order valence-corrected chi connectivity index (χ1v) is 5.51. The normalized spacial score (nSPS) is 27.3. The number of carbonyl (C=O) groups is 2. The van der Waals surface area contributed by atoms with Gasteiger partial charge >= 0.3 is 0 Å². The molecule has 84 valence electrons. The van der Waals surface area contributed by atoms with Crippen molar-refractivity contribution >= 4 is 11.8 Å². The van der Waals surface area contributed by atoms with Gasteiger partial charge in [-0.25, -0.2) is 5.01 Å². The number of rotatable bonds is 0. The Bertz CT molecular complexity index is 280. The molecule has 2 aliphatic rings. The second-order valence-electron chi connectivity index (χ2n) is 4.13. The number of amides is 2. The summed E-state index contributed by atoms with van der Waals surface area (Å²) in [7, 11) is 0. The minimum absolute atomic E-state index is 0.0325. The fourth-order valence-corrected chi connectivity index (χ4v) is 2.32. The minimum Gasteiger partial charge on any atom is -0.314 e. The van der Waals surface area contributed by atoms with Crippen molar-refractivity contribution in [3.05, 3.63) is 0 Å². The highest BCUT2D eigenvalue weighted by atomic mass is 16.2. The Hall–Kier alpha value is -1.10. The molecule has 1 unspecified atom stereocenters. The van der Waals surface area contributed by atoms with E-state index in [9.17, 15) is 9.59 Å². The molecular formula is C10H17N3O2. The molecule has 15 heavy (non-hydrogen) atoms.